The first-order chi connectivity index (χ1) is 21.6. The van der Waals surface area contributed by atoms with Gasteiger partial charge in [0, 0.05) is 0 Å². The normalized spacial score (nSPS) is 12.1. The maximum atomic E-state index is 2.37. The van der Waals surface area contributed by atoms with Gasteiger partial charge in [-0.2, -0.15) is 0 Å². The van der Waals surface area contributed by atoms with Gasteiger partial charge in [-0.3, -0.25) is 0 Å². The van der Waals surface area contributed by atoms with E-state index in [1.165, 1.54) is 87.2 Å². The number of fused-ring (bicyclic) bond motifs is 7. The van der Waals surface area contributed by atoms with Crippen molar-refractivity contribution in [1.29, 1.82) is 0 Å². The predicted octanol–water partition coefficient (Wildman–Crippen LogP) is 12.4. The van der Waals surface area contributed by atoms with Crippen LogP contribution < -0.4 is 0 Å². The maximum Gasteiger partial charge on any atom is -0.00926 e. The van der Waals surface area contributed by atoms with E-state index in [9.17, 15) is 0 Å². The van der Waals surface area contributed by atoms with Crippen LogP contribution in [0.2, 0.25) is 0 Å². The molecule has 0 radical (unpaired) electrons. The minimum Gasteiger partial charge on any atom is -0.0616 e. The second kappa shape index (κ2) is 10.7. The van der Waals surface area contributed by atoms with E-state index in [0.717, 1.165) is 0 Å². The molecule has 208 valence electrons. The highest BCUT2D eigenvalue weighted by molar-refractivity contribution is 6.21. The first-order valence-electron chi connectivity index (χ1n) is 15.3. The van der Waals surface area contributed by atoms with E-state index >= 15 is 0 Å². The van der Waals surface area contributed by atoms with Gasteiger partial charge in [-0.1, -0.05) is 145 Å². The zero-order chi connectivity index (χ0) is 29.6. The van der Waals surface area contributed by atoms with Crippen molar-refractivity contribution in [2.24, 2.45) is 0 Å². The van der Waals surface area contributed by atoms with E-state index in [-0.39, 0.29) is 0 Å². The van der Waals surface area contributed by atoms with E-state index in [1.807, 2.05) is 0 Å². The van der Waals surface area contributed by atoms with Crippen LogP contribution in [0, 0.1) is 13.8 Å². The Balaban J connectivity index is 1.26. The monoisotopic (exact) mass is 560 g/mol. The molecular formula is C44H32. The molecule has 0 saturated heterocycles. The van der Waals surface area contributed by atoms with Crippen molar-refractivity contribution in [1.82, 2.24) is 0 Å². The number of aryl methyl sites for hydroxylation is 2. The third kappa shape index (κ3) is 4.75. The van der Waals surface area contributed by atoms with Crippen LogP contribution in [0.15, 0.2) is 133 Å². The van der Waals surface area contributed by atoms with Gasteiger partial charge in [0.1, 0.15) is 0 Å². The summed E-state index contributed by atoms with van der Waals surface area (Å²) in [4.78, 5) is 0. The molecule has 0 fully saturated rings. The molecule has 0 heterocycles. The van der Waals surface area contributed by atoms with E-state index in [2.05, 4.69) is 172 Å². The fraction of sp³-hybridized carbons (Fsp3) is 0.0455. The number of benzene rings is 8. The molecule has 0 spiro atoms. The smallest absolute Gasteiger partial charge is 0.00926 e. The van der Waals surface area contributed by atoms with Gasteiger partial charge in [0.15, 0.2) is 0 Å². The molecule has 0 N–H and O–H groups in total. The van der Waals surface area contributed by atoms with Crippen molar-refractivity contribution >= 4 is 78.2 Å². The van der Waals surface area contributed by atoms with Gasteiger partial charge in [-0.05, 0) is 114 Å². The zero-order valence-electron chi connectivity index (χ0n) is 25.0. The average Bonchev–Trinajstić information content (AvgIpc) is 3.06. The molecule has 0 atom stereocenters. The third-order valence-electron chi connectivity index (χ3n) is 8.90. The summed E-state index contributed by atoms with van der Waals surface area (Å²) in [7, 11) is 0. The summed E-state index contributed by atoms with van der Waals surface area (Å²) in [6, 6.07) is 49.1. The molecule has 0 aliphatic carbocycles. The topological polar surface area (TPSA) is 0 Å². The van der Waals surface area contributed by atoms with Crippen LogP contribution >= 0.6 is 0 Å². The lowest BCUT2D eigenvalue weighted by Gasteiger charge is -2.13. The number of hydrogen-bond donors (Lipinski definition) is 0. The Hall–Kier alpha value is -5.46. The summed E-state index contributed by atoms with van der Waals surface area (Å²) in [5.41, 5.74) is 7.46. The minimum atomic E-state index is 1.21. The first-order valence-corrected chi connectivity index (χ1v) is 15.3. The maximum absolute atomic E-state index is 2.37. The molecule has 8 aromatic carbocycles. The quantitative estimate of drug-likeness (QED) is 0.148. The van der Waals surface area contributed by atoms with Crippen LogP contribution in [0.3, 0.4) is 0 Å². The Bertz CT molecular complexity index is 2280. The van der Waals surface area contributed by atoms with E-state index in [0.29, 0.717) is 0 Å². The van der Waals surface area contributed by atoms with Crippen molar-refractivity contribution < 1.29 is 0 Å². The molecule has 0 amide bonds. The molecule has 0 aliphatic heterocycles. The fourth-order valence-corrected chi connectivity index (χ4v) is 6.63. The summed E-state index contributed by atoms with van der Waals surface area (Å²) in [6.45, 7) is 4.29. The summed E-state index contributed by atoms with van der Waals surface area (Å²) < 4.78 is 0. The Morgan fingerprint density at radius 2 is 0.705 bits per heavy atom. The SMILES string of the molecule is Cc1ccc2cc(C=Cc3cc4c5ccccc5c(C=Cc5ccc6cc(C)ccc6c5)cc4c4ccccc34)ccc2c1. The molecule has 0 bridgehead atoms. The highest BCUT2D eigenvalue weighted by Crippen LogP contribution is 2.37. The molecular weight excluding hydrogens is 528 g/mol. The van der Waals surface area contributed by atoms with Crippen LogP contribution in [-0.4, -0.2) is 0 Å². The number of hydrogen-bond acceptors (Lipinski definition) is 0. The Morgan fingerprint density at radius 1 is 0.318 bits per heavy atom. The van der Waals surface area contributed by atoms with Crippen LogP contribution in [0.25, 0.3) is 78.2 Å². The molecule has 0 unspecified atom stereocenters. The molecule has 0 heteroatoms. The van der Waals surface area contributed by atoms with E-state index in [4.69, 9.17) is 0 Å². The molecule has 8 aromatic rings. The lowest BCUT2D eigenvalue weighted by molar-refractivity contribution is 1.50. The summed E-state index contributed by atoms with van der Waals surface area (Å²) >= 11 is 0. The average molecular weight is 561 g/mol. The van der Waals surface area contributed by atoms with Gasteiger partial charge < -0.3 is 0 Å². The highest BCUT2D eigenvalue weighted by atomic mass is 14.1. The Labute approximate surface area is 258 Å². The van der Waals surface area contributed by atoms with E-state index < -0.39 is 0 Å². The molecule has 44 heavy (non-hydrogen) atoms. The van der Waals surface area contributed by atoms with Crippen LogP contribution in [0.4, 0.5) is 0 Å². The second-order valence-electron chi connectivity index (χ2n) is 12.0. The van der Waals surface area contributed by atoms with Gasteiger partial charge in [-0.15, -0.1) is 0 Å². The lowest BCUT2D eigenvalue weighted by Crippen LogP contribution is -1.87. The number of rotatable bonds is 4. The molecule has 0 saturated carbocycles. The van der Waals surface area contributed by atoms with Crippen LogP contribution in [-0.2, 0) is 0 Å². The van der Waals surface area contributed by atoms with Gasteiger partial charge in [0.2, 0.25) is 0 Å². The molecule has 0 aliphatic rings. The van der Waals surface area contributed by atoms with E-state index in [1.54, 1.807) is 0 Å². The van der Waals surface area contributed by atoms with Crippen LogP contribution in [0.5, 0.6) is 0 Å². The van der Waals surface area contributed by atoms with Gasteiger partial charge in [0.25, 0.3) is 0 Å². The van der Waals surface area contributed by atoms with Gasteiger partial charge >= 0.3 is 0 Å². The molecule has 0 aromatic heterocycles. The minimum absolute atomic E-state index is 1.21. The van der Waals surface area contributed by atoms with Crippen molar-refractivity contribution in [2.45, 2.75) is 13.8 Å². The largest absolute Gasteiger partial charge is 0.0616 e. The van der Waals surface area contributed by atoms with Crippen molar-refractivity contribution in [3.8, 4) is 0 Å². The Morgan fingerprint density at radius 3 is 1.16 bits per heavy atom. The van der Waals surface area contributed by atoms with Crippen molar-refractivity contribution in [3.05, 3.63) is 167 Å². The standard InChI is InChI=1S/C44H32/c1-29-11-17-35-25-31(13-19-33(35)23-29)15-21-37-27-43-42-10-6-4-8-40(42)38(28-44(43)41-9-5-3-7-39(37)41)22-16-32-14-20-34-24-30(2)12-18-36(34)26-32/h3-28H,1-2H3. The van der Waals surface area contributed by atoms with Gasteiger partial charge in [-0.25, -0.2) is 0 Å². The highest BCUT2D eigenvalue weighted by Gasteiger charge is 2.11. The third-order valence-corrected chi connectivity index (χ3v) is 8.90. The molecule has 0 nitrogen and oxygen atoms in total. The fourth-order valence-electron chi connectivity index (χ4n) is 6.63. The van der Waals surface area contributed by atoms with Gasteiger partial charge in [0.05, 0.1) is 0 Å². The first kappa shape index (κ1) is 26.2. The summed E-state index contributed by atoms with van der Waals surface area (Å²) in [6.07, 6.45) is 9.05. The molecule has 8 rings (SSSR count). The zero-order valence-corrected chi connectivity index (χ0v) is 25.0. The second-order valence-corrected chi connectivity index (χ2v) is 12.0. The Kier molecular flexibility index (Phi) is 6.35. The van der Waals surface area contributed by atoms with Crippen molar-refractivity contribution in [3.63, 3.8) is 0 Å². The summed E-state index contributed by atoms with van der Waals surface area (Å²) in [5, 5.41) is 12.8. The predicted molar refractivity (Wildman–Crippen MR) is 194 cm³/mol. The van der Waals surface area contributed by atoms with Crippen molar-refractivity contribution in [2.75, 3.05) is 0 Å². The van der Waals surface area contributed by atoms with Crippen LogP contribution in [0.1, 0.15) is 33.4 Å². The lowest BCUT2D eigenvalue weighted by atomic mass is 9.90. The summed E-state index contributed by atoms with van der Waals surface area (Å²) in [5.74, 6) is 0.